The lowest BCUT2D eigenvalue weighted by atomic mass is 10.2. The van der Waals surface area contributed by atoms with Crippen molar-refractivity contribution in [2.75, 3.05) is 5.88 Å². The quantitative estimate of drug-likeness (QED) is 0.643. The van der Waals surface area contributed by atoms with Crippen LogP contribution in [-0.2, 0) is 6.61 Å². The van der Waals surface area contributed by atoms with Gasteiger partial charge in [-0.25, -0.2) is 14.1 Å². The minimum absolute atomic E-state index is 0.178. The summed E-state index contributed by atoms with van der Waals surface area (Å²) < 4.78 is 20.7. The highest BCUT2D eigenvalue weighted by atomic mass is 35.5. The lowest BCUT2D eigenvalue weighted by Gasteiger charge is -2.11. The monoisotopic (exact) mass is 307 g/mol. The number of ether oxygens (including phenoxy) is 1. The van der Waals surface area contributed by atoms with Crippen molar-refractivity contribution in [3.05, 3.63) is 41.7 Å². The minimum Gasteiger partial charge on any atom is -0.484 e. The number of rotatable bonds is 4. The molecular formula is C15H15ClFN3O. The van der Waals surface area contributed by atoms with Gasteiger partial charge in [0.2, 0.25) is 0 Å². The van der Waals surface area contributed by atoms with E-state index in [4.69, 9.17) is 16.3 Å². The van der Waals surface area contributed by atoms with E-state index in [1.807, 2.05) is 13.8 Å². The zero-order valence-electron chi connectivity index (χ0n) is 11.8. The molecule has 21 heavy (non-hydrogen) atoms. The molecule has 0 amide bonds. The molecule has 0 bridgehead atoms. The second-order valence-corrected chi connectivity index (χ2v) is 4.85. The first-order valence-corrected chi connectivity index (χ1v) is 7.01. The van der Waals surface area contributed by atoms with Crippen molar-refractivity contribution >= 4 is 11.6 Å². The van der Waals surface area contributed by atoms with Crippen LogP contribution in [0.1, 0.15) is 31.3 Å². The molecule has 1 heterocycles. The molecule has 0 aliphatic carbocycles. The highest BCUT2D eigenvalue weighted by Gasteiger charge is 2.10. The first kappa shape index (κ1) is 15.3. The van der Waals surface area contributed by atoms with E-state index in [0.717, 1.165) is 0 Å². The first-order chi connectivity index (χ1) is 10.1. The van der Waals surface area contributed by atoms with Gasteiger partial charge in [-0.15, -0.1) is 11.6 Å². The van der Waals surface area contributed by atoms with Crippen LogP contribution < -0.4 is 4.74 Å². The van der Waals surface area contributed by atoms with Crippen molar-refractivity contribution in [2.45, 2.75) is 26.5 Å². The average Bonchev–Trinajstić information content (AvgIpc) is 2.92. The maximum absolute atomic E-state index is 13.3. The van der Waals surface area contributed by atoms with Gasteiger partial charge in [-0.05, 0) is 32.0 Å². The predicted molar refractivity (Wildman–Crippen MR) is 78.7 cm³/mol. The Morgan fingerprint density at radius 1 is 1.43 bits per heavy atom. The molecule has 6 heteroatoms. The van der Waals surface area contributed by atoms with Crippen molar-refractivity contribution < 1.29 is 9.13 Å². The van der Waals surface area contributed by atoms with E-state index in [1.165, 1.54) is 18.5 Å². The van der Waals surface area contributed by atoms with Crippen LogP contribution in [0.15, 0.2) is 24.5 Å². The molecule has 0 spiro atoms. The van der Waals surface area contributed by atoms with Crippen LogP contribution in [-0.4, -0.2) is 20.6 Å². The molecule has 1 aromatic heterocycles. The lowest BCUT2D eigenvalue weighted by Crippen LogP contribution is -2.11. The van der Waals surface area contributed by atoms with Crippen LogP contribution in [0.4, 0.5) is 4.39 Å². The SMILES string of the molecule is CC(C)n1ncnc1COc1ccc(F)cc1C#CCCl. The van der Waals surface area contributed by atoms with Gasteiger partial charge in [-0.2, -0.15) is 5.10 Å². The Bertz CT molecular complexity index is 673. The van der Waals surface area contributed by atoms with Gasteiger partial charge in [-0.1, -0.05) is 11.8 Å². The molecule has 4 nitrogen and oxygen atoms in total. The smallest absolute Gasteiger partial charge is 0.165 e. The van der Waals surface area contributed by atoms with Gasteiger partial charge < -0.3 is 4.74 Å². The fourth-order valence-corrected chi connectivity index (χ4v) is 1.87. The Hall–Kier alpha value is -2.06. The summed E-state index contributed by atoms with van der Waals surface area (Å²) >= 11 is 5.53. The van der Waals surface area contributed by atoms with E-state index in [2.05, 4.69) is 21.9 Å². The summed E-state index contributed by atoms with van der Waals surface area (Å²) in [5.74, 6) is 6.47. The summed E-state index contributed by atoms with van der Waals surface area (Å²) in [5.41, 5.74) is 0.464. The van der Waals surface area contributed by atoms with Crippen LogP contribution in [0.5, 0.6) is 5.75 Å². The summed E-state index contributed by atoms with van der Waals surface area (Å²) in [5, 5.41) is 4.13. The molecule has 0 atom stereocenters. The summed E-state index contributed by atoms with van der Waals surface area (Å²) in [6.07, 6.45) is 1.48. The molecule has 1 aromatic carbocycles. The molecular weight excluding hydrogens is 293 g/mol. The largest absolute Gasteiger partial charge is 0.484 e. The lowest BCUT2D eigenvalue weighted by molar-refractivity contribution is 0.281. The van der Waals surface area contributed by atoms with E-state index < -0.39 is 0 Å². The number of halogens is 2. The normalized spacial score (nSPS) is 10.3. The third kappa shape index (κ3) is 3.96. The highest BCUT2D eigenvalue weighted by Crippen LogP contribution is 2.20. The van der Waals surface area contributed by atoms with E-state index in [-0.39, 0.29) is 24.3 Å². The van der Waals surface area contributed by atoms with E-state index in [9.17, 15) is 4.39 Å². The molecule has 0 saturated carbocycles. The Morgan fingerprint density at radius 2 is 2.24 bits per heavy atom. The third-order valence-electron chi connectivity index (χ3n) is 2.72. The number of alkyl halides is 1. The van der Waals surface area contributed by atoms with Crippen molar-refractivity contribution in [2.24, 2.45) is 0 Å². The molecule has 0 unspecified atom stereocenters. The van der Waals surface area contributed by atoms with E-state index in [1.54, 1.807) is 10.7 Å². The van der Waals surface area contributed by atoms with Crippen LogP contribution in [0.3, 0.4) is 0 Å². The molecule has 110 valence electrons. The van der Waals surface area contributed by atoms with Gasteiger partial charge in [0.25, 0.3) is 0 Å². The van der Waals surface area contributed by atoms with Crippen LogP contribution >= 0.6 is 11.6 Å². The minimum atomic E-state index is -0.369. The van der Waals surface area contributed by atoms with Gasteiger partial charge in [0.1, 0.15) is 24.5 Å². The summed E-state index contributed by atoms with van der Waals surface area (Å²) in [6.45, 7) is 4.25. The first-order valence-electron chi connectivity index (χ1n) is 6.47. The molecule has 0 N–H and O–H groups in total. The van der Waals surface area contributed by atoms with Crippen molar-refractivity contribution in [1.82, 2.24) is 14.8 Å². The summed E-state index contributed by atoms with van der Waals surface area (Å²) in [6, 6.07) is 4.38. The van der Waals surface area contributed by atoms with Crippen molar-refractivity contribution in [3.63, 3.8) is 0 Å². The molecule has 0 aliphatic heterocycles. The third-order valence-corrected chi connectivity index (χ3v) is 2.86. The molecule has 0 fully saturated rings. The average molecular weight is 308 g/mol. The van der Waals surface area contributed by atoms with Crippen LogP contribution in [0, 0.1) is 17.7 Å². The van der Waals surface area contributed by atoms with Crippen molar-refractivity contribution in [1.29, 1.82) is 0 Å². The molecule has 0 radical (unpaired) electrons. The zero-order chi connectivity index (χ0) is 15.2. The second-order valence-electron chi connectivity index (χ2n) is 4.58. The molecule has 2 aromatic rings. The van der Waals surface area contributed by atoms with Crippen molar-refractivity contribution in [3.8, 4) is 17.6 Å². The molecule has 0 aliphatic rings. The number of benzene rings is 1. The topological polar surface area (TPSA) is 39.9 Å². The second kappa shape index (κ2) is 7.09. The van der Waals surface area contributed by atoms with E-state index in [0.29, 0.717) is 17.1 Å². The highest BCUT2D eigenvalue weighted by molar-refractivity contribution is 6.19. The maximum Gasteiger partial charge on any atom is 0.165 e. The van der Waals surface area contributed by atoms with Gasteiger partial charge in [0.15, 0.2) is 5.82 Å². The number of nitrogens with zero attached hydrogens (tertiary/aromatic N) is 3. The van der Waals surface area contributed by atoms with Crippen LogP contribution in [0.2, 0.25) is 0 Å². The number of hydrogen-bond donors (Lipinski definition) is 0. The Morgan fingerprint density at radius 3 is 2.95 bits per heavy atom. The van der Waals surface area contributed by atoms with Gasteiger partial charge in [0, 0.05) is 6.04 Å². The van der Waals surface area contributed by atoms with Gasteiger partial charge >= 0.3 is 0 Å². The summed E-state index contributed by atoms with van der Waals surface area (Å²) in [7, 11) is 0. The molecule has 2 rings (SSSR count). The fourth-order valence-electron chi connectivity index (χ4n) is 1.81. The maximum atomic E-state index is 13.3. The number of hydrogen-bond acceptors (Lipinski definition) is 3. The van der Waals surface area contributed by atoms with Gasteiger partial charge in [0.05, 0.1) is 11.4 Å². The Labute approximate surface area is 127 Å². The standard InChI is InChI=1S/C15H15ClFN3O/c1-11(2)20-15(18-10-19-20)9-21-14-6-5-13(17)8-12(14)4-3-7-16/h5-6,8,10-11H,7,9H2,1-2H3. The zero-order valence-corrected chi connectivity index (χ0v) is 12.6. The Balaban J connectivity index is 2.18. The number of aromatic nitrogens is 3. The van der Waals surface area contributed by atoms with Gasteiger partial charge in [-0.3, -0.25) is 0 Å². The fraction of sp³-hybridized carbons (Fsp3) is 0.333. The van der Waals surface area contributed by atoms with E-state index >= 15 is 0 Å². The van der Waals surface area contributed by atoms with Crippen LogP contribution in [0.25, 0.3) is 0 Å². The Kier molecular flexibility index (Phi) is 5.18. The predicted octanol–water partition coefficient (Wildman–Crippen LogP) is 3.17. The molecule has 0 saturated heterocycles. The summed E-state index contributed by atoms with van der Waals surface area (Å²) in [4.78, 5) is 4.16.